The second kappa shape index (κ2) is 14.3. The third-order valence-corrected chi connectivity index (χ3v) is 5.89. The van der Waals surface area contributed by atoms with Crippen molar-refractivity contribution in [1.29, 1.82) is 0 Å². The van der Waals surface area contributed by atoms with Gasteiger partial charge in [0.05, 0.1) is 25.0 Å². The van der Waals surface area contributed by atoms with Crippen LogP contribution in [-0.2, 0) is 16.0 Å². The summed E-state index contributed by atoms with van der Waals surface area (Å²) in [5, 5.41) is 7.54. The van der Waals surface area contributed by atoms with E-state index in [9.17, 15) is 9.59 Å². The standard InChI is InChI=1S/C28H29Cl2N3O5/c1-4-37-26-15-20(10-12-25(26)36-3)17-31-33-28(35)23(14-19-8-6-5-7-9-19)32-27(34)18(2)38-24-13-11-21(29)16-22(24)30/h5-13,15-18,23H,4,14H2,1-3H3,(H,32,34)(H,33,35)/b31-17-/t18-,23-/m0/s1. The Balaban J connectivity index is 1.70. The summed E-state index contributed by atoms with van der Waals surface area (Å²) in [6.07, 6.45) is 0.800. The summed E-state index contributed by atoms with van der Waals surface area (Å²) in [6, 6.07) is 18.4. The van der Waals surface area contributed by atoms with Gasteiger partial charge in [-0.25, -0.2) is 5.43 Å². The van der Waals surface area contributed by atoms with Crippen LogP contribution in [0.1, 0.15) is 25.0 Å². The third-order valence-electron chi connectivity index (χ3n) is 5.36. The number of hydrogen-bond donors (Lipinski definition) is 2. The Bertz CT molecular complexity index is 1270. The SMILES string of the molecule is CCOc1cc(/C=N\NC(=O)[C@H](Cc2ccccc2)NC(=O)[C@H](C)Oc2ccc(Cl)cc2Cl)ccc1OC. The summed E-state index contributed by atoms with van der Waals surface area (Å²) in [4.78, 5) is 26.0. The molecule has 0 aliphatic heterocycles. The first-order valence-corrected chi connectivity index (χ1v) is 12.7. The zero-order valence-corrected chi connectivity index (χ0v) is 22.8. The van der Waals surface area contributed by atoms with E-state index in [0.29, 0.717) is 34.4 Å². The molecule has 0 spiro atoms. The van der Waals surface area contributed by atoms with Crippen molar-refractivity contribution in [2.45, 2.75) is 32.4 Å². The molecule has 0 aliphatic carbocycles. The van der Waals surface area contributed by atoms with Crippen molar-refractivity contribution in [1.82, 2.24) is 10.7 Å². The lowest BCUT2D eigenvalue weighted by molar-refractivity contribution is -0.132. The van der Waals surface area contributed by atoms with Crippen LogP contribution in [-0.4, -0.2) is 43.9 Å². The van der Waals surface area contributed by atoms with E-state index in [1.54, 1.807) is 44.4 Å². The highest BCUT2D eigenvalue weighted by Crippen LogP contribution is 2.29. The molecule has 3 rings (SSSR count). The summed E-state index contributed by atoms with van der Waals surface area (Å²) in [6.45, 7) is 3.91. The molecular formula is C28H29Cl2N3O5. The molecule has 200 valence electrons. The van der Waals surface area contributed by atoms with Gasteiger partial charge in [-0.3, -0.25) is 9.59 Å². The third kappa shape index (κ3) is 8.39. The van der Waals surface area contributed by atoms with Crippen LogP contribution in [0.25, 0.3) is 0 Å². The Morgan fingerprint density at radius 3 is 2.39 bits per heavy atom. The number of nitrogens with one attached hydrogen (secondary N) is 2. The first-order chi connectivity index (χ1) is 18.3. The van der Waals surface area contributed by atoms with E-state index in [-0.39, 0.29) is 11.4 Å². The molecule has 8 nitrogen and oxygen atoms in total. The molecule has 10 heteroatoms. The van der Waals surface area contributed by atoms with Gasteiger partial charge in [0.25, 0.3) is 11.8 Å². The maximum Gasteiger partial charge on any atom is 0.262 e. The predicted octanol–water partition coefficient (Wildman–Crippen LogP) is 5.05. The van der Waals surface area contributed by atoms with E-state index in [4.69, 9.17) is 37.4 Å². The highest BCUT2D eigenvalue weighted by Gasteiger charge is 2.25. The Labute approximate surface area is 231 Å². The topological polar surface area (TPSA) is 98.2 Å². The van der Waals surface area contributed by atoms with Crippen LogP contribution in [0.4, 0.5) is 0 Å². The van der Waals surface area contributed by atoms with Gasteiger partial charge < -0.3 is 19.5 Å². The molecule has 3 aromatic rings. The van der Waals surface area contributed by atoms with Crippen LogP contribution in [0, 0.1) is 0 Å². The molecule has 2 N–H and O–H groups in total. The number of hydrogen-bond acceptors (Lipinski definition) is 6. The second-order valence-corrected chi connectivity index (χ2v) is 9.01. The summed E-state index contributed by atoms with van der Waals surface area (Å²) in [7, 11) is 1.56. The van der Waals surface area contributed by atoms with Gasteiger partial charge in [0, 0.05) is 11.4 Å². The molecular weight excluding hydrogens is 529 g/mol. The summed E-state index contributed by atoms with van der Waals surface area (Å²) in [5.41, 5.74) is 4.07. The lowest BCUT2D eigenvalue weighted by atomic mass is 10.1. The molecule has 0 heterocycles. The van der Waals surface area contributed by atoms with Crippen LogP contribution in [0.5, 0.6) is 17.2 Å². The van der Waals surface area contributed by atoms with E-state index in [2.05, 4.69) is 15.8 Å². The molecule has 0 radical (unpaired) electrons. The van der Waals surface area contributed by atoms with Crippen molar-refractivity contribution in [3.05, 3.63) is 87.9 Å². The number of carbonyl (C=O) groups excluding carboxylic acids is 2. The van der Waals surface area contributed by atoms with E-state index < -0.39 is 24.0 Å². The number of amides is 2. The molecule has 0 aromatic heterocycles. The molecule has 0 saturated heterocycles. The van der Waals surface area contributed by atoms with Crippen LogP contribution in [0.3, 0.4) is 0 Å². The van der Waals surface area contributed by atoms with Gasteiger partial charge in [-0.2, -0.15) is 5.10 Å². The van der Waals surface area contributed by atoms with E-state index in [1.165, 1.54) is 12.3 Å². The second-order valence-electron chi connectivity index (χ2n) is 8.16. The van der Waals surface area contributed by atoms with Crippen molar-refractivity contribution in [3.8, 4) is 17.2 Å². The Kier molecular flexibility index (Phi) is 10.8. The first-order valence-electron chi connectivity index (χ1n) is 11.9. The predicted molar refractivity (Wildman–Crippen MR) is 149 cm³/mol. The Morgan fingerprint density at radius 1 is 0.974 bits per heavy atom. The zero-order valence-electron chi connectivity index (χ0n) is 21.2. The Morgan fingerprint density at radius 2 is 1.71 bits per heavy atom. The minimum atomic E-state index is -0.931. The molecule has 3 aromatic carbocycles. The fourth-order valence-electron chi connectivity index (χ4n) is 3.45. The maximum atomic E-state index is 13.1. The van der Waals surface area contributed by atoms with Gasteiger partial charge in [-0.1, -0.05) is 53.5 Å². The van der Waals surface area contributed by atoms with Crippen LogP contribution >= 0.6 is 23.2 Å². The number of hydrazone groups is 1. The van der Waals surface area contributed by atoms with Crippen molar-refractivity contribution in [2.75, 3.05) is 13.7 Å². The minimum absolute atomic E-state index is 0.249. The first kappa shape index (κ1) is 28.8. The van der Waals surface area contributed by atoms with E-state index in [0.717, 1.165) is 5.56 Å². The van der Waals surface area contributed by atoms with Crippen molar-refractivity contribution < 1.29 is 23.8 Å². The highest BCUT2D eigenvalue weighted by molar-refractivity contribution is 6.35. The van der Waals surface area contributed by atoms with Gasteiger partial charge in [0.1, 0.15) is 11.8 Å². The average Bonchev–Trinajstić information content (AvgIpc) is 2.90. The van der Waals surface area contributed by atoms with E-state index in [1.807, 2.05) is 37.3 Å². The molecule has 2 amide bonds. The number of rotatable bonds is 12. The number of halogens is 2. The molecule has 38 heavy (non-hydrogen) atoms. The highest BCUT2D eigenvalue weighted by atomic mass is 35.5. The molecule has 0 fully saturated rings. The average molecular weight is 558 g/mol. The largest absolute Gasteiger partial charge is 0.493 e. The normalized spacial score (nSPS) is 12.4. The van der Waals surface area contributed by atoms with Gasteiger partial charge in [0.2, 0.25) is 0 Å². The van der Waals surface area contributed by atoms with Gasteiger partial charge in [-0.05, 0) is 61.4 Å². The van der Waals surface area contributed by atoms with Gasteiger partial charge in [0.15, 0.2) is 17.6 Å². The molecule has 0 bridgehead atoms. The van der Waals surface area contributed by atoms with Gasteiger partial charge >= 0.3 is 0 Å². The van der Waals surface area contributed by atoms with Crippen molar-refractivity contribution in [3.63, 3.8) is 0 Å². The smallest absolute Gasteiger partial charge is 0.262 e. The molecule has 2 atom stereocenters. The number of nitrogens with zero attached hydrogens (tertiary/aromatic N) is 1. The molecule has 0 unspecified atom stereocenters. The number of methoxy groups -OCH3 is 1. The maximum absolute atomic E-state index is 13.1. The number of carbonyl (C=O) groups is 2. The van der Waals surface area contributed by atoms with Gasteiger partial charge in [-0.15, -0.1) is 0 Å². The number of benzene rings is 3. The van der Waals surface area contributed by atoms with Crippen LogP contribution < -0.4 is 25.0 Å². The van der Waals surface area contributed by atoms with Crippen molar-refractivity contribution >= 4 is 41.2 Å². The summed E-state index contributed by atoms with van der Waals surface area (Å²) in [5.74, 6) is 0.476. The molecule has 0 aliphatic rings. The fraction of sp³-hybridized carbons (Fsp3) is 0.250. The van der Waals surface area contributed by atoms with Crippen LogP contribution in [0.2, 0.25) is 10.0 Å². The van der Waals surface area contributed by atoms with E-state index >= 15 is 0 Å². The summed E-state index contributed by atoms with van der Waals surface area (Å²) < 4.78 is 16.6. The lowest BCUT2D eigenvalue weighted by Crippen LogP contribution is -2.50. The van der Waals surface area contributed by atoms with Crippen molar-refractivity contribution in [2.24, 2.45) is 5.10 Å². The fourth-order valence-corrected chi connectivity index (χ4v) is 3.91. The Hall–Kier alpha value is -3.75. The zero-order chi connectivity index (χ0) is 27.5. The van der Waals surface area contributed by atoms with Crippen LogP contribution in [0.15, 0.2) is 71.8 Å². The number of ether oxygens (including phenoxy) is 3. The monoisotopic (exact) mass is 557 g/mol. The lowest BCUT2D eigenvalue weighted by Gasteiger charge is -2.21. The molecule has 0 saturated carbocycles. The quantitative estimate of drug-likeness (QED) is 0.240. The minimum Gasteiger partial charge on any atom is -0.493 e. The summed E-state index contributed by atoms with van der Waals surface area (Å²) >= 11 is 12.1.